The number of hydrogen-bond acceptors (Lipinski definition) is 5. The number of rotatable bonds is 4. The summed E-state index contributed by atoms with van der Waals surface area (Å²) in [6, 6.07) is -1.51. The molecule has 0 aromatic rings. The summed E-state index contributed by atoms with van der Waals surface area (Å²) in [5.41, 5.74) is 0.922. The van der Waals surface area contributed by atoms with Gasteiger partial charge in [-0.1, -0.05) is 13.8 Å². The van der Waals surface area contributed by atoms with E-state index in [1.165, 1.54) is 4.90 Å². The van der Waals surface area contributed by atoms with E-state index in [4.69, 9.17) is 9.94 Å². The minimum absolute atomic E-state index is 0.173. The smallest absolute Gasteiger partial charge is 0.408 e. The molecule has 1 fully saturated rings. The van der Waals surface area contributed by atoms with Crippen molar-refractivity contribution < 1.29 is 24.3 Å². The molecule has 0 spiro atoms. The van der Waals surface area contributed by atoms with Gasteiger partial charge in [-0.15, -0.1) is 0 Å². The summed E-state index contributed by atoms with van der Waals surface area (Å²) in [5.74, 6) is -1.14. The van der Waals surface area contributed by atoms with Gasteiger partial charge in [0, 0.05) is 6.54 Å². The summed E-state index contributed by atoms with van der Waals surface area (Å²) < 4.78 is 5.19. The second-order valence-electron chi connectivity index (χ2n) is 7.03. The van der Waals surface area contributed by atoms with Crippen molar-refractivity contribution in [2.75, 3.05) is 6.54 Å². The molecule has 1 heterocycles. The van der Waals surface area contributed by atoms with Gasteiger partial charge < -0.3 is 15.0 Å². The van der Waals surface area contributed by atoms with Gasteiger partial charge in [0.15, 0.2) is 0 Å². The molecule has 0 bridgehead atoms. The Balaban J connectivity index is 2.82. The predicted molar refractivity (Wildman–Crippen MR) is 82.7 cm³/mol. The molecular formula is C15H27N3O5. The fourth-order valence-corrected chi connectivity index (χ4v) is 2.50. The quantitative estimate of drug-likeness (QED) is 0.527. The van der Waals surface area contributed by atoms with Crippen molar-refractivity contribution in [3.05, 3.63) is 0 Å². The van der Waals surface area contributed by atoms with Gasteiger partial charge in [0.2, 0.25) is 5.91 Å². The van der Waals surface area contributed by atoms with Crippen LogP contribution in [0.25, 0.3) is 0 Å². The highest BCUT2D eigenvalue weighted by Crippen LogP contribution is 2.20. The lowest BCUT2D eigenvalue weighted by Crippen LogP contribution is -2.55. The van der Waals surface area contributed by atoms with Crippen LogP contribution in [0.3, 0.4) is 0 Å². The molecule has 0 radical (unpaired) electrons. The zero-order valence-corrected chi connectivity index (χ0v) is 14.4. The van der Waals surface area contributed by atoms with Gasteiger partial charge in [-0.25, -0.2) is 10.3 Å². The summed E-state index contributed by atoms with van der Waals surface area (Å²) in [4.78, 5) is 37.7. The van der Waals surface area contributed by atoms with Crippen LogP contribution in [0.1, 0.15) is 47.5 Å². The van der Waals surface area contributed by atoms with Crippen LogP contribution < -0.4 is 10.8 Å². The van der Waals surface area contributed by atoms with Gasteiger partial charge in [-0.05, 0) is 39.5 Å². The Labute approximate surface area is 136 Å². The summed E-state index contributed by atoms with van der Waals surface area (Å²) in [5, 5.41) is 11.4. The zero-order valence-electron chi connectivity index (χ0n) is 14.4. The zero-order chi connectivity index (χ0) is 17.8. The maximum atomic E-state index is 12.7. The van der Waals surface area contributed by atoms with E-state index in [2.05, 4.69) is 5.32 Å². The van der Waals surface area contributed by atoms with E-state index >= 15 is 0 Å². The van der Waals surface area contributed by atoms with Gasteiger partial charge in [0.25, 0.3) is 5.91 Å². The first kappa shape index (κ1) is 19.2. The van der Waals surface area contributed by atoms with Crippen molar-refractivity contribution in [3.8, 4) is 0 Å². The summed E-state index contributed by atoms with van der Waals surface area (Å²) in [6.45, 7) is 9.23. The van der Waals surface area contributed by atoms with Crippen molar-refractivity contribution in [3.63, 3.8) is 0 Å². The third-order valence-electron chi connectivity index (χ3n) is 3.55. The number of alkyl carbamates (subject to hydrolysis) is 1. The first-order valence-electron chi connectivity index (χ1n) is 7.80. The normalized spacial score (nSPS) is 19.4. The number of hydrogen-bond donors (Lipinski definition) is 3. The molecule has 1 aliphatic rings. The average molecular weight is 329 g/mol. The van der Waals surface area contributed by atoms with Crippen LogP contribution in [0.15, 0.2) is 0 Å². The van der Waals surface area contributed by atoms with E-state index in [0.29, 0.717) is 19.4 Å². The Hall–Kier alpha value is -1.83. The van der Waals surface area contributed by atoms with Crippen LogP contribution in [0.4, 0.5) is 4.79 Å². The minimum atomic E-state index is -0.794. The van der Waals surface area contributed by atoms with Crippen molar-refractivity contribution in [2.45, 2.75) is 65.1 Å². The van der Waals surface area contributed by atoms with Gasteiger partial charge in [0.1, 0.15) is 17.7 Å². The Kier molecular flexibility index (Phi) is 6.37. The van der Waals surface area contributed by atoms with Gasteiger partial charge in [-0.3, -0.25) is 14.8 Å². The SMILES string of the molecule is CC(C)[C@H](NC(=O)OC(C)(C)C)C(=O)N1CCC[C@H]1C(=O)NO. The predicted octanol–water partition coefficient (Wildman–Crippen LogP) is 1.03. The Morgan fingerprint density at radius 3 is 2.35 bits per heavy atom. The second-order valence-corrected chi connectivity index (χ2v) is 7.03. The van der Waals surface area contributed by atoms with Crippen LogP contribution >= 0.6 is 0 Å². The largest absolute Gasteiger partial charge is 0.444 e. The van der Waals surface area contributed by atoms with E-state index in [1.807, 2.05) is 0 Å². The van der Waals surface area contributed by atoms with E-state index in [-0.39, 0.29) is 11.8 Å². The van der Waals surface area contributed by atoms with E-state index in [1.54, 1.807) is 40.1 Å². The van der Waals surface area contributed by atoms with Gasteiger partial charge in [0.05, 0.1) is 0 Å². The maximum Gasteiger partial charge on any atom is 0.408 e. The summed E-state index contributed by atoms with van der Waals surface area (Å²) >= 11 is 0. The van der Waals surface area contributed by atoms with E-state index < -0.39 is 29.7 Å². The molecule has 0 saturated carbocycles. The van der Waals surface area contributed by atoms with Crippen LogP contribution in [0.5, 0.6) is 0 Å². The highest BCUT2D eigenvalue weighted by molar-refractivity contribution is 5.91. The van der Waals surface area contributed by atoms with Gasteiger partial charge in [-0.2, -0.15) is 0 Å². The number of nitrogens with one attached hydrogen (secondary N) is 2. The molecule has 3 N–H and O–H groups in total. The van der Waals surface area contributed by atoms with E-state index in [0.717, 1.165) is 0 Å². The van der Waals surface area contributed by atoms with Crippen LogP contribution in [-0.4, -0.2) is 52.2 Å². The van der Waals surface area contributed by atoms with Crippen LogP contribution in [0, 0.1) is 5.92 Å². The molecule has 3 amide bonds. The van der Waals surface area contributed by atoms with Crippen LogP contribution in [0.2, 0.25) is 0 Å². The first-order chi connectivity index (χ1) is 10.6. The molecule has 132 valence electrons. The molecule has 2 atom stereocenters. The van der Waals surface area contributed by atoms with Crippen molar-refractivity contribution in [2.24, 2.45) is 5.92 Å². The maximum absolute atomic E-state index is 12.7. The number of likely N-dealkylation sites (tertiary alicyclic amines) is 1. The molecule has 0 unspecified atom stereocenters. The molecule has 0 aliphatic carbocycles. The number of hydroxylamine groups is 1. The average Bonchev–Trinajstić information content (AvgIpc) is 2.90. The number of amides is 3. The minimum Gasteiger partial charge on any atom is -0.444 e. The molecule has 1 rings (SSSR count). The number of carbonyl (C=O) groups excluding carboxylic acids is 3. The van der Waals surface area contributed by atoms with Crippen molar-refractivity contribution >= 4 is 17.9 Å². The first-order valence-corrected chi connectivity index (χ1v) is 7.80. The van der Waals surface area contributed by atoms with Crippen molar-refractivity contribution in [1.29, 1.82) is 0 Å². The monoisotopic (exact) mass is 329 g/mol. The number of carbonyl (C=O) groups is 3. The molecule has 23 heavy (non-hydrogen) atoms. The topological polar surface area (TPSA) is 108 Å². The number of nitrogens with zero attached hydrogens (tertiary/aromatic N) is 1. The lowest BCUT2D eigenvalue weighted by atomic mass is 10.0. The summed E-state index contributed by atoms with van der Waals surface area (Å²) in [7, 11) is 0. The third kappa shape index (κ3) is 5.38. The summed E-state index contributed by atoms with van der Waals surface area (Å²) in [6.07, 6.45) is 0.475. The molecule has 0 aromatic heterocycles. The lowest BCUT2D eigenvalue weighted by Gasteiger charge is -2.30. The molecular weight excluding hydrogens is 302 g/mol. The van der Waals surface area contributed by atoms with E-state index in [9.17, 15) is 14.4 Å². The fourth-order valence-electron chi connectivity index (χ4n) is 2.50. The highest BCUT2D eigenvalue weighted by atomic mass is 16.6. The van der Waals surface area contributed by atoms with Gasteiger partial charge >= 0.3 is 6.09 Å². The Morgan fingerprint density at radius 2 is 1.87 bits per heavy atom. The fraction of sp³-hybridized carbons (Fsp3) is 0.800. The standard InChI is InChI=1S/C15H27N3O5/c1-9(2)11(16-14(21)23-15(3,4)5)13(20)18-8-6-7-10(18)12(19)17-22/h9-11,22H,6-8H2,1-5H3,(H,16,21)(H,17,19)/t10-,11-/m0/s1. The molecule has 8 heteroatoms. The number of ether oxygens (including phenoxy) is 1. The van der Waals surface area contributed by atoms with Crippen molar-refractivity contribution in [1.82, 2.24) is 15.7 Å². The lowest BCUT2D eigenvalue weighted by molar-refractivity contribution is -0.144. The molecule has 8 nitrogen and oxygen atoms in total. The molecule has 0 aromatic carbocycles. The second kappa shape index (κ2) is 7.63. The molecule has 1 aliphatic heterocycles. The Bertz CT molecular complexity index is 459. The highest BCUT2D eigenvalue weighted by Gasteiger charge is 2.39. The Morgan fingerprint density at radius 1 is 1.26 bits per heavy atom. The third-order valence-corrected chi connectivity index (χ3v) is 3.55. The van der Waals surface area contributed by atoms with Crippen LogP contribution in [-0.2, 0) is 14.3 Å². The molecule has 1 saturated heterocycles.